The zero-order valence-electron chi connectivity index (χ0n) is 16.8. The molecule has 1 aliphatic carbocycles. The van der Waals surface area contributed by atoms with Gasteiger partial charge in [0.2, 0.25) is 0 Å². The summed E-state index contributed by atoms with van der Waals surface area (Å²) in [4.78, 5) is 17.2. The molecule has 0 aromatic heterocycles. The SMILES string of the molecule is COc1ccc2c3c1O[C@H]1C[C@@H](O)C=C[C@@]31CCN(C(=O)C1=CN(C)C=CC1)C2. The van der Waals surface area contributed by atoms with E-state index in [2.05, 4.69) is 12.1 Å². The van der Waals surface area contributed by atoms with Gasteiger partial charge in [-0.2, -0.15) is 0 Å². The number of aliphatic hydroxyl groups is 1. The van der Waals surface area contributed by atoms with Crippen molar-refractivity contribution in [2.75, 3.05) is 20.7 Å². The summed E-state index contributed by atoms with van der Waals surface area (Å²) >= 11 is 0. The fraction of sp³-hybridized carbons (Fsp3) is 0.435. The smallest absolute Gasteiger partial charge is 0.251 e. The van der Waals surface area contributed by atoms with Gasteiger partial charge in [0, 0.05) is 43.9 Å². The number of methoxy groups -OCH3 is 1. The molecule has 5 rings (SSSR count). The lowest BCUT2D eigenvalue weighted by atomic mass is 9.69. The summed E-state index contributed by atoms with van der Waals surface area (Å²) in [6, 6.07) is 3.97. The van der Waals surface area contributed by atoms with Crippen LogP contribution in [0.5, 0.6) is 11.5 Å². The third-order valence-corrected chi connectivity index (χ3v) is 6.56. The molecule has 6 heteroatoms. The fourth-order valence-electron chi connectivity index (χ4n) is 5.14. The number of carbonyl (C=O) groups excluding carboxylic acids is 1. The van der Waals surface area contributed by atoms with Crippen molar-refractivity contribution in [2.45, 2.75) is 43.4 Å². The number of allylic oxidation sites excluding steroid dienone is 1. The lowest BCUT2D eigenvalue weighted by Gasteiger charge is -2.36. The molecule has 152 valence electrons. The summed E-state index contributed by atoms with van der Waals surface area (Å²) in [6.45, 7) is 1.19. The van der Waals surface area contributed by atoms with Gasteiger partial charge in [0.25, 0.3) is 5.91 Å². The zero-order valence-corrected chi connectivity index (χ0v) is 16.8. The van der Waals surface area contributed by atoms with E-state index in [4.69, 9.17) is 9.47 Å². The molecule has 3 atom stereocenters. The Hall–Kier alpha value is -2.73. The second-order valence-corrected chi connectivity index (χ2v) is 8.33. The molecule has 0 unspecified atom stereocenters. The Bertz CT molecular complexity index is 950. The molecule has 3 heterocycles. The average Bonchev–Trinajstić information content (AvgIpc) is 2.95. The summed E-state index contributed by atoms with van der Waals surface area (Å²) in [7, 11) is 3.58. The van der Waals surface area contributed by atoms with Crippen molar-refractivity contribution in [3.63, 3.8) is 0 Å². The third kappa shape index (κ3) is 2.77. The summed E-state index contributed by atoms with van der Waals surface area (Å²) in [5.74, 6) is 1.56. The Morgan fingerprint density at radius 1 is 1.38 bits per heavy atom. The van der Waals surface area contributed by atoms with E-state index < -0.39 is 6.10 Å². The molecular formula is C23H26N2O4. The standard InChI is InChI=1S/C23H26N2O4/c1-24-10-3-4-16(13-24)22(27)25-11-9-23-8-7-17(26)12-19(23)29-21-18(28-2)6-5-15(14-25)20(21)23/h3,5-8,10,13,17,19,26H,4,9,11-12,14H2,1-2H3/t17-,19-,23-/m0/s1. The minimum absolute atomic E-state index is 0.0828. The Morgan fingerprint density at radius 3 is 3.03 bits per heavy atom. The topological polar surface area (TPSA) is 62.2 Å². The second kappa shape index (κ2) is 6.66. The number of nitrogens with zero attached hydrogens (tertiary/aromatic N) is 2. The van der Waals surface area contributed by atoms with E-state index >= 15 is 0 Å². The number of amides is 1. The number of hydrogen-bond donors (Lipinski definition) is 1. The molecular weight excluding hydrogens is 368 g/mol. The first kappa shape index (κ1) is 18.3. The first-order chi connectivity index (χ1) is 14.0. The lowest BCUT2D eigenvalue weighted by Crippen LogP contribution is -2.43. The Kier molecular flexibility index (Phi) is 4.21. The minimum Gasteiger partial charge on any atom is -0.493 e. The van der Waals surface area contributed by atoms with Crippen LogP contribution in [0.2, 0.25) is 0 Å². The Morgan fingerprint density at radius 2 is 2.24 bits per heavy atom. The maximum atomic E-state index is 13.3. The molecule has 1 N–H and O–H groups in total. The number of carbonyl (C=O) groups is 1. The lowest BCUT2D eigenvalue weighted by molar-refractivity contribution is -0.128. The number of aliphatic hydroxyl groups excluding tert-OH is 1. The van der Waals surface area contributed by atoms with Crippen LogP contribution in [0.1, 0.15) is 30.4 Å². The molecule has 0 radical (unpaired) electrons. The molecule has 0 saturated heterocycles. The molecule has 0 saturated carbocycles. The van der Waals surface area contributed by atoms with Gasteiger partial charge in [0.05, 0.1) is 18.6 Å². The van der Waals surface area contributed by atoms with Crippen molar-refractivity contribution in [2.24, 2.45) is 0 Å². The van der Waals surface area contributed by atoms with E-state index in [1.807, 2.05) is 47.5 Å². The predicted octanol–water partition coefficient (Wildman–Crippen LogP) is 2.48. The monoisotopic (exact) mass is 394 g/mol. The Labute approximate surface area is 170 Å². The van der Waals surface area contributed by atoms with Crippen molar-refractivity contribution in [3.05, 3.63) is 59.5 Å². The number of benzene rings is 1. The molecule has 4 aliphatic rings. The van der Waals surface area contributed by atoms with Gasteiger partial charge in [-0.25, -0.2) is 0 Å². The van der Waals surface area contributed by atoms with Crippen LogP contribution >= 0.6 is 0 Å². The highest BCUT2D eigenvalue weighted by atomic mass is 16.5. The minimum atomic E-state index is -0.509. The first-order valence-corrected chi connectivity index (χ1v) is 10.1. The summed E-state index contributed by atoms with van der Waals surface area (Å²) < 4.78 is 11.9. The summed E-state index contributed by atoms with van der Waals surface area (Å²) in [5.41, 5.74) is 2.69. The van der Waals surface area contributed by atoms with Gasteiger partial charge in [-0.1, -0.05) is 24.3 Å². The van der Waals surface area contributed by atoms with Gasteiger partial charge in [0.1, 0.15) is 6.10 Å². The van der Waals surface area contributed by atoms with Crippen LogP contribution in [0.15, 0.2) is 48.3 Å². The van der Waals surface area contributed by atoms with Crippen LogP contribution in [0, 0.1) is 0 Å². The van der Waals surface area contributed by atoms with E-state index in [0.717, 1.165) is 28.9 Å². The average molecular weight is 394 g/mol. The van der Waals surface area contributed by atoms with Crippen LogP contribution in [0.4, 0.5) is 0 Å². The van der Waals surface area contributed by atoms with E-state index in [9.17, 15) is 9.90 Å². The second-order valence-electron chi connectivity index (χ2n) is 8.33. The Balaban J connectivity index is 1.56. The molecule has 1 aromatic rings. The molecule has 1 amide bonds. The maximum absolute atomic E-state index is 13.3. The van der Waals surface area contributed by atoms with Crippen LogP contribution < -0.4 is 9.47 Å². The van der Waals surface area contributed by atoms with Crippen molar-refractivity contribution >= 4 is 5.91 Å². The first-order valence-electron chi connectivity index (χ1n) is 10.1. The molecule has 0 fully saturated rings. The number of hydrogen-bond acceptors (Lipinski definition) is 5. The quantitative estimate of drug-likeness (QED) is 0.781. The third-order valence-electron chi connectivity index (χ3n) is 6.56. The zero-order chi connectivity index (χ0) is 20.2. The molecule has 3 aliphatic heterocycles. The molecule has 29 heavy (non-hydrogen) atoms. The van der Waals surface area contributed by atoms with Gasteiger partial charge < -0.3 is 24.4 Å². The van der Waals surface area contributed by atoms with Crippen LogP contribution in [-0.4, -0.2) is 53.7 Å². The van der Waals surface area contributed by atoms with Crippen molar-refractivity contribution in [1.29, 1.82) is 0 Å². The normalized spacial score (nSPS) is 29.6. The number of rotatable bonds is 2. The van der Waals surface area contributed by atoms with Gasteiger partial charge >= 0.3 is 0 Å². The van der Waals surface area contributed by atoms with Gasteiger partial charge in [-0.05, 0) is 30.7 Å². The van der Waals surface area contributed by atoms with Crippen molar-refractivity contribution in [3.8, 4) is 11.5 Å². The van der Waals surface area contributed by atoms with Gasteiger partial charge in [-0.15, -0.1) is 0 Å². The van der Waals surface area contributed by atoms with E-state index in [1.165, 1.54) is 0 Å². The molecule has 1 spiro atoms. The fourth-order valence-corrected chi connectivity index (χ4v) is 5.14. The highest BCUT2D eigenvalue weighted by Gasteiger charge is 2.53. The van der Waals surface area contributed by atoms with Crippen LogP contribution in [0.25, 0.3) is 0 Å². The molecule has 1 aromatic carbocycles. The largest absolute Gasteiger partial charge is 0.493 e. The summed E-state index contributed by atoms with van der Waals surface area (Å²) in [5, 5.41) is 10.2. The van der Waals surface area contributed by atoms with Crippen molar-refractivity contribution in [1.82, 2.24) is 9.80 Å². The molecule has 6 nitrogen and oxygen atoms in total. The van der Waals surface area contributed by atoms with Crippen LogP contribution in [0.3, 0.4) is 0 Å². The van der Waals surface area contributed by atoms with Gasteiger partial charge in [-0.3, -0.25) is 4.79 Å². The summed E-state index contributed by atoms with van der Waals surface area (Å²) in [6.07, 6.45) is 11.2. The number of ether oxygens (including phenoxy) is 2. The van der Waals surface area contributed by atoms with Crippen LogP contribution in [-0.2, 0) is 16.8 Å². The molecule has 0 bridgehead atoms. The van der Waals surface area contributed by atoms with Gasteiger partial charge in [0.15, 0.2) is 11.5 Å². The van der Waals surface area contributed by atoms with E-state index in [-0.39, 0.29) is 17.4 Å². The van der Waals surface area contributed by atoms with Crippen molar-refractivity contribution < 1.29 is 19.4 Å². The predicted molar refractivity (Wildman–Crippen MR) is 108 cm³/mol. The highest BCUT2D eigenvalue weighted by Crippen LogP contribution is 2.55. The maximum Gasteiger partial charge on any atom is 0.251 e. The van der Waals surface area contributed by atoms with E-state index in [1.54, 1.807) is 7.11 Å². The van der Waals surface area contributed by atoms with E-state index in [0.29, 0.717) is 31.7 Å². The highest BCUT2D eigenvalue weighted by molar-refractivity contribution is 5.94.